The van der Waals surface area contributed by atoms with E-state index in [2.05, 4.69) is 24.2 Å². The van der Waals surface area contributed by atoms with Crippen LogP contribution >= 0.6 is 0 Å². The predicted octanol–water partition coefficient (Wildman–Crippen LogP) is 1.86. The van der Waals surface area contributed by atoms with Crippen LogP contribution in [0, 0.1) is 0 Å². The molecule has 3 atom stereocenters. The summed E-state index contributed by atoms with van der Waals surface area (Å²) in [6, 6.07) is 0.344. The molecule has 0 aromatic rings. The number of hydrogen-bond acceptors (Lipinski definition) is 4. The number of nitrogens with one attached hydrogen (secondary N) is 1. The van der Waals surface area contributed by atoms with Gasteiger partial charge in [0.15, 0.2) is 0 Å². The summed E-state index contributed by atoms with van der Waals surface area (Å²) < 4.78 is 5.80. The minimum absolute atomic E-state index is 0.326. The van der Waals surface area contributed by atoms with E-state index in [0.717, 1.165) is 45.4 Å². The molecule has 0 bridgehead atoms. The minimum Gasteiger partial charge on any atom is -0.480 e. The summed E-state index contributed by atoms with van der Waals surface area (Å²) in [5, 5.41) is 12.9. The highest BCUT2D eigenvalue weighted by Gasteiger charge is 2.46. The zero-order chi connectivity index (χ0) is 15.3. The van der Waals surface area contributed by atoms with Crippen molar-refractivity contribution in [3.05, 3.63) is 0 Å². The number of likely N-dealkylation sites (N-methyl/N-ethyl adjacent to an activating group) is 1. The molecule has 122 valence electrons. The van der Waals surface area contributed by atoms with E-state index in [1.165, 1.54) is 12.8 Å². The van der Waals surface area contributed by atoms with Crippen LogP contribution in [0.25, 0.3) is 0 Å². The van der Waals surface area contributed by atoms with Gasteiger partial charge in [-0.1, -0.05) is 6.92 Å². The number of aliphatic carboxylic acids is 1. The average Bonchev–Trinajstić information content (AvgIpc) is 2.92. The first-order valence-corrected chi connectivity index (χ1v) is 8.37. The van der Waals surface area contributed by atoms with Crippen LogP contribution < -0.4 is 5.32 Å². The molecule has 3 unspecified atom stereocenters. The summed E-state index contributed by atoms with van der Waals surface area (Å²) in [4.78, 5) is 14.0. The normalized spacial score (nSPS) is 33.5. The Labute approximate surface area is 128 Å². The second kappa shape index (κ2) is 7.56. The number of carbonyl (C=O) groups is 1. The number of rotatable bonds is 7. The quantitative estimate of drug-likeness (QED) is 0.751. The molecule has 0 radical (unpaired) electrons. The summed E-state index contributed by atoms with van der Waals surface area (Å²) >= 11 is 0. The second-order valence-corrected chi connectivity index (χ2v) is 6.64. The van der Waals surface area contributed by atoms with Gasteiger partial charge in [0.1, 0.15) is 5.54 Å². The third-order valence-corrected chi connectivity index (χ3v) is 5.00. The third kappa shape index (κ3) is 4.18. The van der Waals surface area contributed by atoms with Crippen LogP contribution in [0.15, 0.2) is 0 Å². The van der Waals surface area contributed by atoms with Gasteiger partial charge < -0.3 is 20.1 Å². The van der Waals surface area contributed by atoms with Crippen LogP contribution in [0.2, 0.25) is 0 Å². The molecule has 5 heteroatoms. The summed E-state index contributed by atoms with van der Waals surface area (Å²) in [6.07, 6.45) is 7.22. The largest absolute Gasteiger partial charge is 0.480 e. The maximum atomic E-state index is 11.7. The van der Waals surface area contributed by atoms with Gasteiger partial charge in [0.05, 0.1) is 6.10 Å². The summed E-state index contributed by atoms with van der Waals surface area (Å²) in [6.45, 7) is 4.64. The third-order valence-electron chi connectivity index (χ3n) is 5.00. The average molecular weight is 298 g/mol. The van der Waals surface area contributed by atoms with E-state index >= 15 is 0 Å². The molecule has 1 saturated heterocycles. The molecule has 5 nitrogen and oxygen atoms in total. The molecular formula is C16H30N2O3. The Morgan fingerprint density at radius 2 is 2.24 bits per heavy atom. The number of carboxylic acids is 1. The molecule has 0 amide bonds. The van der Waals surface area contributed by atoms with Crippen molar-refractivity contribution in [3.8, 4) is 0 Å². The predicted molar refractivity (Wildman–Crippen MR) is 82.5 cm³/mol. The molecule has 2 rings (SSSR count). The maximum Gasteiger partial charge on any atom is 0.323 e. The van der Waals surface area contributed by atoms with Crippen molar-refractivity contribution in [2.75, 3.05) is 26.7 Å². The zero-order valence-corrected chi connectivity index (χ0v) is 13.4. The van der Waals surface area contributed by atoms with Gasteiger partial charge in [-0.15, -0.1) is 0 Å². The van der Waals surface area contributed by atoms with Crippen LogP contribution in [-0.2, 0) is 9.53 Å². The fourth-order valence-electron chi connectivity index (χ4n) is 3.61. The summed E-state index contributed by atoms with van der Waals surface area (Å²) in [5.41, 5.74) is -0.720. The first kappa shape index (κ1) is 16.7. The van der Waals surface area contributed by atoms with E-state index in [4.69, 9.17) is 4.74 Å². The van der Waals surface area contributed by atoms with Gasteiger partial charge in [-0.05, 0) is 58.5 Å². The van der Waals surface area contributed by atoms with Gasteiger partial charge in [0, 0.05) is 19.2 Å². The fourth-order valence-corrected chi connectivity index (χ4v) is 3.61. The lowest BCUT2D eigenvalue weighted by atomic mass is 9.97. The molecule has 21 heavy (non-hydrogen) atoms. The topological polar surface area (TPSA) is 61.8 Å². The second-order valence-electron chi connectivity index (χ2n) is 6.64. The van der Waals surface area contributed by atoms with Gasteiger partial charge in [-0.3, -0.25) is 4.79 Å². The fraction of sp³-hybridized carbons (Fsp3) is 0.938. The Morgan fingerprint density at radius 1 is 1.43 bits per heavy atom. The molecule has 1 heterocycles. The van der Waals surface area contributed by atoms with Crippen molar-refractivity contribution in [1.29, 1.82) is 0 Å². The highest BCUT2D eigenvalue weighted by atomic mass is 16.5. The Hall–Kier alpha value is -0.650. The van der Waals surface area contributed by atoms with Crippen LogP contribution in [0.3, 0.4) is 0 Å². The number of ether oxygens (including phenoxy) is 1. The lowest BCUT2D eigenvalue weighted by Gasteiger charge is -2.32. The van der Waals surface area contributed by atoms with E-state index in [1.807, 2.05) is 0 Å². The first-order valence-electron chi connectivity index (χ1n) is 8.37. The summed E-state index contributed by atoms with van der Waals surface area (Å²) in [5.74, 6) is -0.694. The molecule has 1 saturated carbocycles. The van der Waals surface area contributed by atoms with Crippen molar-refractivity contribution in [3.63, 3.8) is 0 Å². The molecule has 2 aliphatic rings. The van der Waals surface area contributed by atoms with Crippen LogP contribution in [0.4, 0.5) is 0 Å². The summed E-state index contributed by atoms with van der Waals surface area (Å²) in [7, 11) is 2.11. The Balaban J connectivity index is 1.88. The lowest BCUT2D eigenvalue weighted by molar-refractivity contribution is -0.144. The van der Waals surface area contributed by atoms with E-state index in [0.29, 0.717) is 18.6 Å². The van der Waals surface area contributed by atoms with E-state index in [9.17, 15) is 9.90 Å². The molecule has 1 aliphatic carbocycles. The number of carboxylic acid groups (broad SMARTS) is 1. The van der Waals surface area contributed by atoms with E-state index in [-0.39, 0.29) is 0 Å². The van der Waals surface area contributed by atoms with Crippen molar-refractivity contribution in [2.45, 2.75) is 69.6 Å². The van der Waals surface area contributed by atoms with Crippen LogP contribution in [0.1, 0.15) is 51.9 Å². The zero-order valence-electron chi connectivity index (χ0n) is 13.4. The maximum absolute atomic E-state index is 11.7. The first-order chi connectivity index (χ1) is 10.1. The number of nitrogens with zero attached hydrogens (tertiary/aromatic N) is 1. The standard InChI is InChI=1S/C16H30N2O3/c1-3-9-17-16(15(19)20)8-7-13(11-16)18(2)12-14-6-4-5-10-21-14/h13-14,17H,3-12H2,1-2H3,(H,19,20). The van der Waals surface area contributed by atoms with Gasteiger partial charge in [-0.25, -0.2) is 0 Å². The molecule has 2 N–H and O–H groups in total. The number of hydrogen-bond donors (Lipinski definition) is 2. The molecule has 0 spiro atoms. The Kier molecular flexibility index (Phi) is 6.02. The minimum atomic E-state index is -0.720. The van der Waals surface area contributed by atoms with Crippen molar-refractivity contribution in [1.82, 2.24) is 10.2 Å². The van der Waals surface area contributed by atoms with Gasteiger partial charge >= 0.3 is 5.97 Å². The smallest absolute Gasteiger partial charge is 0.323 e. The monoisotopic (exact) mass is 298 g/mol. The highest BCUT2D eigenvalue weighted by molar-refractivity contribution is 5.79. The molecule has 0 aromatic heterocycles. The van der Waals surface area contributed by atoms with Crippen molar-refractivity contribution >= 4 is 5.97 Å². The van der Waals surface area contributed by atoms with Crippen LogP contribution in [0.5, 0.6) is 0 Å². The van der Waals surface area contributed by atoms with E-state index < -0.39 is 11.5 Å². The SMILES string of the molecule is CCCNC1(C(=O)O)CCC(N(C)CC2CCCCO2)C1. The molecule has 1 aliphatic heterocycles. The highest BCUT2D eigenvalue weighted by Crippen LogP contribution is 2.33. The Morgan fingerprint density at radius 3 is 2.86 bits per heavy atom. The lowest BCUT2D eigenvalue weighted by Crippen LogP contribution is -2.51. The van der Waals surface area contributed by atoms with Crippen LogP contribution in [-0.4, -0.2) is 60.4 Å². The molecular weight excluding hydrogens is 268 g/mol. The van der Waals surface area contributed by atoms with Gasteiger partial charge in [-0.2, -0.15) is 0 Å². The molecule has 2 fully saturated rings. The molecule has 0 aromatic carbocycles. The van der Waals surface area contributed by atoms with E-state index in [1.54, 1.807) is 0 Å². The van der Waals surface area contributed by atoms with Crippen molar-refractivity contribution in [2.24, 2.45) is 0 Å². The van der Waals surface area contributed by atoms with Gasteiger partial charge in [0.2, 0.25) is 0 Å². The van der Waals surface area contributed by atoms with Gasteiger partial charge in [0.25, 0.3) is 0 Å². The Bertz CT molecular complexity index is 344. The van der Waals surface area contributed by atoms with Crippen molar-refractivity contribution < 1.29 is 14.6 Å².